The molecule has 1 saturated heterocycles. The molecule has 0 aliphatic carbocycles. The summed E-state index contributed by atoms with van der Waals surface area (Å²) < 4.78 is 18.5. The summed E-state index contributed by atoms with van der Waals surface area (Å²) in [6.07, 6.45) is 0. The van der Waals surface area contributed by atoms with E-state index in [1.807, 2.05) is 0 Å². The molecule has 1 aromatic carbocycles. The summed E-state index contributed by atoms with van der Waals surface area (Å²) in [5.74, 6) is -1.71. The lowest BCUT2D eigenvalue weighted by molar-refractivity contribution is -0.147. The van der Waals surface area contributed by atoms with Gasteiger partial charge in [0, 0.05) is 11.0 Å². The zero-order chi connectivity index (χ0) is 15.6. The summed E-state index contributed by atoms with van der Waals surface area (Å²) in [6, 6.07) is 0.488. The molecule has 1 heterocycles. The normalized spacial score (nSPS) is 18.4. The van der Waals surface area contributed by atoms with Crippen LogP contribution in [0.15, 0.2) is 16.6 Å². The van der Waals surface area contributed by atoms with Gasteiger partial charge >= 0.3 is 12.0 Å². The van der Waals surface area contributed by atoms with Crippen LogP contribution in [0.4, 0.5) is 14.9 Å². The van der Waals surface area contributed by atoms with Crippen molar-refractivity contribution in [1.29, 1.82) is 0 Å². The number of carbonyl (C=O) groups excluding carboxylic acids is 1. The number of nitrogens with one attached hydrogen (secondary N) is 1. The van der Waals surface area contributed by atoms with Gasteiger partial charge in [0.1, 0.15) is 5.82 Å². The van der Waals surface area contributed by atoms with Crippen LogP contribution in [0.5, 0.6) is 0 Å². The fraction of sp³-hybridized carbons (Fsp3) is 0.333. The van der Waals surface area contributed by atoms with Gasteiger partial charge in [-0.25, -0.2) is 14.0 Å². The van der Waals surface area contributed by atoms with Crippen LogP contribution in [0, 0.1) is 5.82 Å². The first-order chi connectivity index (χ1) is 9.90. The van der Waals surface area contributed by atoms with E-state index in [1.165, 1.54) is 0 Å². The van der Waals surface area contributed by atoms with E-state index in [9.17, 15) is 14.0 Å². The zero-order valence-corrected chi connectivity index (χ0v) is 12.9. The third-order valence-electron chi connectivity index (χ3n) is 2.91. The lowest BCUT2D eigenvalue weighted by atomic mass is 10.2. The number of aliphatic carboxylic acids is 1. The Bertz CT molecular complexity index is 563. The van der Waals surface area contributed by atoms with Gasteiger partial charge in [-0.1, -0.05) is 11.6 Å². The Kier molecular flexibility index (Phi) is 5.02. The van der Waals surface area contributed by atoms with E-state index < -0.39 is 23.9 Å². The Labute approximate surface area is 132 Å². The summed E-state index contributed by atoms with van der Waals surface area (Å²) >= 11 is 8.97. The van der Waals surface area contributed by atoms with Crippen molar-refractivity contribution in [3.63, 3.8) is 0 Å². The van der Waals surface area contributed by atoms with Gasteiger partial charge < -0.3 is 20.1 Å². The molecule has 2 rings (SSSR count). The number of anilines is 1. The van der Waals surface area contributed by atoms with Crippen LogP contribution in [0.25, 0.3) is 0 Å². The molecule has 9 heteroatoms. The lowest BCUT2D eigenvalue weighted by Gasteiger charge is -2.32. The number of halogens is 3. The van der Waals surface area contributed by atoms with Crippen molar-refractivity contribution in [2.45, 2.75) is 6.04 Å². The molecule has 0 radical (unpaired) electrons. The predicted octanol–water partition coefficient (Wildman–Crippen LogP) is 2.56. The molecule has 0 bridgehead atoms. The molecule has 114 valence electrons. The molecule has 1 aliphatic rings. The molecule has 1 aromatic rings. The Balaban J connectivity index is 2.19. The van der Waals surface area contributed by atoms with Gasteiger partial charge in [-0.15, -0.1) is 0 Å². The van der Waals surface area contributed by atoms with E-state index in [4.69, 9.17) is 21.4 Å². The fourth-order valence-electron chi connectivity index (χ4n) is 1.89. The molecule has 0 aromatic heterocycles. The second-order valence-electron chi connectivity index (χ2n) is 4.30. The maximum absolute atomic E-state index is 13.1. The standard InChI is InChI=1S/C12H11BrClFN2O4/c13-7-3-6(15)4-8(14)10(7)16-12(20)17-1-2-21-5-9(17)11(18)19/h3-4,9H,1-2,5H2,(H,16,20)(H,18,19). The van der Waals surface area contributed by atoms with E-state index in [1.54, 1.807) is 0 Å². The van der Waals surface area contributed by atoms with Crippen molar-refractivity contribution in [3.05, 3.63) is 27.4 Å². The van der Waals surface area contributed by atoms with E-state index >= 15 is 0 Å². The minimum atomic E-state index is -1.16. The van der Waals surface area contributed by atoms with Gasteiger partial charge in [0.15, 0.2) is 6.04 Å². The lowest BCUT2D eigenvalue weighted by Crippen LogP contribution is -2.54. The van der Waals surface area contributed by atoms with Gasteiger partial charge in [-0.2, -0.15) is 0 Å². The number of hydrogen-bond acceptors (Lipinski definition) is 3. The second kappa shape index (κ2) is 6.59. The average molecular weight is 382 g/mol. The highest BCUT2D eigenvalue weighted by Gasteiger charge is 2.33. The summed E-state index contributed by atoms with van der Waals surface area (Å²) in [7, 11) is 0. The van der Waals surface area contributed by atoms with Crippen molar-refractivity contribution >= 4 is 45.2 Å². The van der Waals surface area contributed by atoms with Gasteiger partial charge in [0.05, 0.1) is 23.9 Å². The molecule has 1 aliphatic heterocycles. The van der Waals surface area contributed by atoms with Crippen LogP contribution in [0.3, 0.4) is 0 Å². The average Bonchev–Trinajstić information content (AvgIpc) is 2.42. The molecular formula is C12H11BrClFN2O4. The van der Waals surface area contributed by atoms with E-state index in [0.717, 1.165) is 17.0 Å². The monoisotopic (exact) mass is 380 g/mol. The first-order valence-electron chi connectivity index (χ1n) is 5.93. The number of rotatable bonds is 2. The highest BCUT2D eigenvalue weighted by molar-refractivity contribution is 9.10. The maximum atomic E-state index is 13.1. The molecule has 2 amide bonds. The number of ether oxygens (including phenoxy) is 1. The second-order valence-corrected chi connectivity index (χ2v) is 5.56. The number of nitrogens with zero attached hydrogens (tertiary/aromatic N) is 1. The largest absolute Gasteiger partial charge is 0.480 e. The summed E-state index contributed by atoms with van der Waals surface area (Å²) in [5, 5.41) is 11.6. The number of hydrogen-bond donors (Lipinski definition) is 2. The number of amides is 2. The molecule has 2 N–H and O–H groups in total. The predicted molar refractivity (Wildman–Crippen MR) is 77.1 cm³/mol. The maximum Gasteiger partial charge on any atom is 0.328 e. The molecule has 1 atom stereocenters. The SMILES string of the molecule is O=C(O)C1COCCN1C(=O)Nc1c(Cl)cc(F)cc1Br. The number of morpholine rings is 1. The third kappa shape index (κ3) is 3.63. The minimum absolute atomic E-state index is 0.00959. The molecule has 0 spiro atoms. The molecule has 1 unspecified atom stereocenters. The highest BCUT2D eigenvalue weighted by Crippen LogP contribution is 2.32. The highest BCUT2D eigenvalue weighted by atomic mass is 79.9. The summed E-state index contributed by atoms with van der Waals surface area (Å²) in [6.45, 7) is 0.301. The smallest absolute Gasteiger partial charge is 0.328 e. The zero-order valence-electron chi connectivity index (χ0n) is 10.6. The van der Waals surface area contributed by atoms with Gasteiger partial charge in [0.2, 0.25) is 0 Å². The van der Waals surface area contributed by atoms with E-state index in [2.05, 4.69) is 21.2 Å². The first-order valence-corrected chi connectivity index (χ1v) is 7.10. The minimum Gasteiger partial charge on any atom is -0.480 e. The molecular weight excluding hydrogens is 370 g/mol. The van der Waals surface area contributed by atoms with Gasteiger partial charge in [-0.3, -0.25) is 0 Å². The van der Waals surface area contributed by atoms with Crippen LogP contribution in [-0.2, 0) is 9.53 Å². The Morgan fingerprint density at radius 1 is 1.52 bits per heavy atom. The van der Waals surface area contributed by atoms with Crippen LogP contribution in [-0.4, -0.2) is 47.8 Å². The molecule has 1 fully saturated rings. The number of urea groups is 1. The van der Waals surface area contributed by atoms with E-state index in [-0.39, 0.29) is 34.9 Å². The van der Waals surface area contributed by atoms with Crippen LogP contribution < -0.4 is 5.32 Å². The van der Waals surface area contributed by atoms with Crippen molar-refractivity contribution in [1.82, 2.24) is 4.90 Å². The van der Waals surface area contributed by atoms with Gasteiger partial charge in [-0.05, 0) is 28.1 Å². The number of carboxylic acids is 1. The van der Waals surface area contributed by atoms with Gasteiger partial charge in [0.25, 0.3) is 0 Å². The van der Waals surface area contributed by atoms with Crippen molar-refractivity contribution in [2.24, 2.45) is 0 Å². The van der Waals surface area contributed by atoms with Crippen LogP contribution in [0.1, 0.15) is 0 Å². The van der Waals surface area contributed by atoms with Crippen molar-refractivity contribution in [2.75, 3.05) is 25.1 Å². The van der Waals surface area contributed by atoms with Crippen LogP contribution in [0.2, 0.25) is 5.02 Å². The van der Waals surface area contributed by atoms with E-state index in [0.29, 0.717) is 0 Å². The molecule has 21 heavy (non-hydrogen) atoms. The Morgan fingerprint density at radius 3 is 2.86 bits per heavy atom. The van der Waals surface area contributed by atoms with Crippen molar-refractivity contribution in [3.8, 4) is 0 Å². The number of carbonyl (C=O) groups is 2. The number of carboxylic acid groups (broad SMARTS) is 1. The number of benzene rings is 1. The summed E-state index contributed by atoms with van der Waals surface area (Å²) in [4.78, 5) is 24.4. The topological polar surface area (TPSA) is 78.9 Å². The fourth-order valence-corrected chi connectivity index (χ4v) is 2.79. The Hall–Kier alpha value is -1.38. The first kappa shape index (κ1) is 16.0. The Morgan fingerprint density at radius 2 is 2.24 bits per heavy atom. The quantitative estimate of drug-likeness (QED) is 0.825. The summed E-state index contributed by atoms with van der Waals surface area (Å²) in [5.41, 5.74) is 0.179. The molecule has 0 saturated carbocycles. The molecule has 6 nitrogen and oxygen atoms in total. The van der Waals surface area contributed by atoms with Crippen LogP contribution >= 0.6 is 27.5 Å². The third-order valence-corrected chi connectivity index (χ3v) is 3.84. The van der Waals surface area contributed by atoms with Crippen molar-refractivity contribution < 1.29 is 23.8 Å².